The smallest absolute Gasteiger partial charge is 0.326 e. The Balaban J connectivity index is 1.88. The number of hydrogen-bond acceptors (Lipinski definition) is 6. The SMILES string of the molecule is O=C(O)CCC(C(=O)O)N1C(=O)c2cccc(NCc3ccco3)c2C1=O. The molecule has 9 heteroatoms. The largest absolute Gasteiger partial charge is 0.481 e. The zero-order valence-electron chi connectivity index (χ0n) is 14.0. The maximum absolute atomic E-state index is 12.8. The predicted octanol–water partition coefficient (Wildman–Crippen LogP) is 1.81. The molecular formula is C18H16N2O7. The second kappa shape index (κ2) is 7.32. The number of anilines is 1. The van der Waals surface area contributed by atoms with E-state index in [1.807, 2.05) is 0 Å². The molecule has 9 nitrogen and oxygen atoms in total. The van der Waals surface area contributed by atoms with Crippen molar-refractivity contribution in [3.63, 3.8) is 0 Å². The molecule has 0 aliphatic carbocycles. The number of nitrogens with zero attached hydrogens (tertiary/aromatic N) is 1. The number of nitrogens with one attached hydrogen (secondary N) is 1. The van der Waals surface area contributed by atoms with Gasteiger partial charge in [-0.2, -0.15) is 0 Å². The lowest BCUT2D eigenvalue weighted by molar-refractivity contribution is -0.142. The van der Waals surface area contributed by atoms with Crippen LogP contribution in [0.4, 0.5) is 5.69 Å². The van der Waals surface area contributed by atoms with E-state index in [-0.39, 0.29) is 24.1 Å². The highest BCUT2D eigenvalue weighted by atomic mass is 16.4. The van der Waals surface area contributed by atoms with Crippen LogP contribution in [0.1, 0.15) is 39.3 Å². The van der Waals surface area contributed by atoms with E-state index in [0.29, 0.717) is 16.3 Å². The second-order valence-electron chi connectivity index (χ2n) is 5.93. The molecule has 140 valence electrons. The van der Waals surface area contributed by atoms with Gasteiger partial charge in [-0.3, -0.25) is 19.3 Å². The summed E-state index contributed by atoms with van der Waals surface area (Å²) >= 11 is 0. The second-order valence-corrected chi connectivity index (χ2v) is 5.93. The van der Waals surface area contributed by atoms with E-state index in [1.165, 1.54) is 12.3 Å². The molecule has 0 bridgehead atoms. The summed E-state index contributed by atoms with van der Waals surface area (Å²) in [5.74, 6) is -3.55. The number of aliphatic carboxylic acids is 2. The highest BCUT2D eigenvalue weighted by molar-refractivity contribution is 6.24. The van der Waals surface area contributed by atoms with E-state index in [4.69, 9.17) is 9.52 Å². The average Bonchev–Trinajstić information content (AvgIpc) is 3.22. The molecule has 1 aliphatic heterocycles. The van der Waals surface area contributed by atoms with E-state index >= 15 is 0 Å². The van der Waals surface area contributed by atoms with Gasteiger partial charge < -0.3 is 19.9 Å². The van der Waals surface area contributed by atoms with Gasteiger partial charge in [0.1, 0.15) is 11.8 Å². The van der Waals surface area contributed by atoms with Crippen molar-refractivity contribution in [2.45, 2.75) is 25.4 Å². The first-order chi connectivity index (χ1) is 12.9. The van der Waals surface area contributed by atoms with Crippen molar-refractivity contribution in [2.75, 3.05) is 5.32 Å². The van der Waals surface area contributed by atoms with Crippen LogP contribution in [0.2, 0.25) is 0 Å². The molecule has 3 rings (SSSR count). The van der Waals surface area contributed by atoms with Gasteiger partial charge in [-0.05, 0) is 30.7 Å². The molecule has 1 unspecified atom stereocenters. The van der Waals surface area contributed by atoms with Crippen LogP contribution in [-0.2, 0) is 16.1 Å². The lowest BCUT2D eigenvalue weighted by Gasteiger charge is -2.22. The summed E-state index contributed by atoms with van der Waals surface area (Å²) in [6.45, 7) is 0.270. The third-order valence-corrected chi connectivity index (χ3v) is 4.21. The molecule has 0 spiro atoms. The Morgan fingerprint density at radius 3 is 2.52 bits per heavy atom. The lowest BCUT2D eigenvalue weighted by Crippen LogP contribution is -2.45. The molecule has 3 N–H and O–H groups in total. The zero-order chi connectivity index (χ0) is 19.6. The normalized spacial score (nSPS) is 14.1. The van der Waals surface area contributed by atoms with E-state index in [9.17, 15) is 24.3 Å². The average molecular weight is 372 g/mol. The third-order valence-electron chi connectivity index (χ3n) is 4.21. The summed E-state index contributed by atoms with van der Waals surface area (Å²) in [5, 5.41) is 21.2. The Kier molecular flexibility index (Phi) is 4.93. The summed E-state index contributed by atoms with van der Waals surface area (Å²) in [5.41, 5.74) is 0.508. The van der Waals surface area contributed by atoms with Crippen LogP contribution in [0, 0.1) is 0 Å². The van der Waals surface area contributed by atoms with Crippen molar-refractivity contribution >= 4 is 29.4 Å². The van der Waals surface area contributed by atoms with Gasteiger partial charge in [0.05, 0.1) is 23.9 Å². The maximum Gasteiger partial charge on any atom is 0.326 e. The fourth-order valence-corrected chi connectivity index (χ4v) is 2.95. The van der Waals surface area contributed by atoms with E-state index < -0.39 is 36.2 Å². The minimum Gasteiger partial charge on any atom is -0.481 e. The first kappa shape index (κ1) is 18.2. The Morgan fingerprint density at radius 1 is 1.11 bits per heavy atom. The van der Waals surface area contributed by atoms with Gasteiger partial charge >= 0.3 is 11.9 Å². The van der Waals surface area contributed by atoms with Gasteiger partial charge in [-0.25, -0.2) is 4.79 Å². The van der Waals surface area contributed by atoms with Crippen molar-refractivity contribution in [3.05, 3.63) is 53.5 Å². The van der Waals surface area contributed by atoms with Crippen molar-refractivity contribution < 1.29 is 33.8 Å². The summed E-state index contributed by atoms with van der Waals surface area (Å²) in [7, 11) is 0. The van der Waals surface area contributed by atoms with Crippen LogP contribution in [0.3, 0.4) is 0 Å². The third kappa shape index (κ3) is 3.52. The molecule has 1 aromatic carbocycles. The molecule has 1 aromatic heterocycles. The van der Waals surface area contributed by atoms with E-state index in [1.54, 1.807) is 24.3 Å². The number of carboxylic acids is 2. The number of carboxylic acid groups (broad SMARTS) is 2. The number of rotatable bonds is 8. The molecule has 0 radical (unpaired) electrons. The molecule has 2 aromatic rings. The monoisotopic (exact) mass is 372 g/mol. The van der Waals surface area contributed by atoms with Gasteiger partial charge in [0.2, 0.25) is 0 Å². The Labute approximate surface area is 153 Å². The van der Waals surface area contributed by atoms with Crippen LogP contribution in [0.25, 0.3) is 0 Å². The topological polar surface area (TPSA) is 137 Å². The predicted molar refractivity (Wildman–Crippen MR) is 91.3 cm³/mol. The van der Waals surface area contributed by atoms with Crippen molar-refractivity contribution in [3.8, 4) is 0 Å². The number of benzene rings is 1. The van der Waals surface area contributed by atoms with Gasteiger partial charge in [-0.1, -0.05) is 6.07 Å². The van der Waals surface area contributed by atoms with Gasteiger partial charge in [0.25, 0.3) is 11.8 Å². The lowest BCUT2D eigenvalue weighted by atomic mass is 10.1. The molecule has 1 aliphatic rings. The number of imide groups is 1. The summed E-state index contributed by atoms with van der Waals surface area (Å²) < 4.78 is 5.21. The number of carbonyl (C=O) groups excluding carboxylic acids is 2. The number of hydrogen-bond donors (Lipinski definition) is 3. The number of fused-ring (bicyclic) bond motifs is 1. The van der Waals surface area contributed by atoms with Crippen molar-refractivity contribution in [1.82, 2.24) is 4.90 Å². The Bertz CT molecular complexity index is 904. The molecule has 2 heterocycles. The van der Waals surface area contributed by atoms with E-state index in [2.05, 4.69) is 5.32 Å². The van der Waals surface area contributed by atoms with Gasteiger partial charge in [0.15, 0.2) is 0 Å². The van der Waals surface area contributed by atoms with Crippen LogP contribution in [0.15, 0.2) is 41.0 Å². The van der Waals surface area contributed by atoms with Gasteiger partial charge in [0, 0.05) is 12.1 Å². The van der Waals surface area contributed by atoms with Crippen LogP contribution in [0.5, 0.6) is 0 Å². The summed E-state index contributed by atoms with van der Waals surface area (Å²) in [6.07, 6.45) is 0.655. The van der Waals surface area contributed by atoms with Gasteiger partial charge in [-0.15, -0.1) is 0 Å². The fourth-order valence-electron chi connectivity index (χ4n) is 2.95. The quantitative estimate of drug-likeness (QED) is 0.597. The van der Waals surface area contributed by atoms with Crippen molar-refractivity contribution in [1.29, 1.82) is 0 Å². The highest BCUT2D eigenvalue weighted by Gasteiger charge is 2.44. The Hall–Kier alpha value is -3.62. The summed E-state index contributed by atoms with van der Waals surface area (Å²) in [6, 6.07) is 6.51. The highest BCUT2D eigenvalue weighted by Crippen LogP contribution is 2.32. The van der Waals surface area contributed by atoms with Crippen molar-refractivity contribution in [2.24, 2.45) is 0 Å². The minimum absolute atomic E-state index is 0.0654. The molecule has 2 amide bonds. The first-order valence-corrected chi connectivity index (χ1v) is 8.12. The van der Waals surface area contributed by atoms with Crippen LogP contribution < -0.4 is 5.32 Å². The van der Waals surface area contributed by atoms with Crippen LogP contribution >= 0.6 is 0 Å². The summed E-state index contributed by atoms with van der Waals surface area (Å²) in [4.78, 5) is 48.4. The standard InChI is InChI=1S/C18H16N2O7/c21-14(22)7-6-13(18(25)26)20-16(23)11-4-1-5-12(15(11)17(20)24)19-9-10-3-2-8-27-10/h1-5,8,13,19H,6-7,9H2,(H,21,22)(H,25,26). The maximum atomic E-state index is 12.8. The molecular weight excluding hydrogens is 356 g/mol. The zero-order valence-corrected chi connectivity index (χ0v) is 14.0. The molecule has 0 fully saturated rings. The molecule has 0 saturated heterocycles. The number of amides is 2. The number of carbonyl (C=O) groups is 4. The molecule has 1 atom stereocenters. The number of furan rings is 1. The molecule has 0 saturated carbocycles. The van der Waals surface area contributed by atoms with E-state index in [0.717, 1.165) is 0 Å². The van der Waals surface area contributed by atoms with Crippen LogP contribution in [-0.4, -0.2) is 44.9 Å². The minimum atomic E-state index is -1.55. The molecule has 27 heavy (non-hydrogen) atoms. The fraction of sp³-hybridized carbons (Fsp3) is 0.222. The Morgan fingerprint density at radius 2 is 1.89 bits per heavy atom. The first-order valence-electron chi connectivity index (χ1n) is 8.12.